The third-order valence-electron chi connectivity index (χ3n) is 7.62. The Morgan fingerprint density at radius 2 is 1.50 bits per heavy atom. The Labute approximate surface area is 222 Å². The van der Waals surface area contributed by atoms with Crippen LogP contribution in [0.1, 0.15) is 89.4 Å². The molecule has 1 amide bonds. The largest absolute Gasteiger partial charge is 0.397 e. The van der Waals surface area contributed by atoms with E-state index in [9.17, 15) is 4.79 Å². The topological polar surface area (TPSA) is 119 Å². The monoisotopic (exact) mass is 523 g/mol. The van der Waals surface area contributed by atoms with Crippen LogP contribution in [0.3, 0.4) is 0 Å². The maximum atomic E-state index is 11.5. The van der Waals surface area contributed by atoms with E-state index in [-0.39, 0.29) is 10.8 Å². The number of nitrogen functional groups attached to an aromatic ring is 1. The van der Waals surface area contributed by atoms with Crippen molar-refractivity contribution in [3.63, 3.8) is 0 Å². The first-order valence-electron chi connectivity index (χ1n) is 12.3. The number of rotatable bonds is 1. The van der Waals surface area contributed by atoms with E-state index in [4.69, 9.17) is 28.3 Å². The minimum Gasteiger partial charge on any atom is -0.397 e. The summed E-state index contributed by atoms with van der Waals surface area (Å²) in [4.78, 5) is 21.6. The van der Waals surface area contributed by atoms with Crippen molar-refractivity contribution in [1.82, 2.24) is 9.97 Å². The van der Waals surface area contributed by atoms with E-state index >= 15 is 0 Å². The number of aryl methyl sites for hydroxylation is 2. The minimum atomic E-state index is -0.466. The third kappa shape index (κ3) is 4.81. The summed E-state index contributed by atoms with van der Waals surface area (Å²) in [6.45, 7) is 13.0. The van der Waals surface area contributed by atoms with Gasteiger partial charge in [-0.15, -0.1) is 11.3 Å². The van der Waals surface area contributed by atoms with E-state index in [1.165, 1.54) is 28.0 Å². The van der Waals surface area contributed by atoms with Gasteiger partial charge in [0.25, 0.3) is 5.91 Å². The summed E-state index contributed by atoms with van der Waals surface area (Å²) in [5.41, 5.74) is 20.2. The van der Waals surface area contributed by atoms with Crippen molar-refractivity contribution >= 4 is 44.7 Å². The molecule has 36 heavy (non-hydrogen) atoms. The second kappa shape index (κ2) is 9.32. The molecule has 0 unspecified atom stereocenters. The number of fused-ring (bicyclic) bond motifs is 4. The number of hydrogen-bond acceptors (Lipinski definition) is 6. The van der Waals surface area contributed by atoms with Crippen molar-refractivity contribution in [3.8, 4) is 6.07 Å². The van der Waals surface area contributed by atoms with Crippen LogP contribution < -0.4 is 11.5 Å². The third-order valence-corrected chi connectivity index (χ3v) is 9.01. The average Bonchev–Trinajstić information content (AvgIpc) is 3.09. The van der Waals surface area contributed by atoms with Crippen LogP contribution in [-0.4, -0.2) is 15.9 Å². The molecule has 8 heteroatoms. The van der Waals surface area contributed by atoms with Crippen LogP contribution in [0.15, 0.2) is 0 Å². The van der Waals surface area contributed by atoms with Gasteiger partial charge in [-0.25, -0.2) is 9.97 Å². The average molecular weight is 524 g/mol. The van der Waals surface area contributed by atoms with Gasteiger partial charge in [-0.2, -0.15) is 5.26 Å². The Kier molecular flexibility index (Phi) is 6.83. The summed E-state index contributed by atoms with van der Waals surface area (Å²) in [6, 6.07) is 2.19. The number of anilines is 1. The zero-order chi connectivity index (χ0) is 26.6. The van der Waals surface area contributed by atoms with Crippen LogP contribution in [0.25, 0.3) is 10.2 Å². The molecule has 0 aliphatic heterocycles. The van der Waals surface area contributed by atoms with E-state index in [0.29, 0.717) is 21.3 Å². The molecule has 5 rings (SSSR count). The van der Waals surface area contributed by atoms with Crippen LogP contribution >= 0.6 is 22.9 Å². The molecule has 0 atom stereocenters. The number of nitrogens with zero attached hydrogens (tertiary/aromatic N) is 3. The second-order valence-corrected chi connectivity index (χ2v) is 13.0. The van der Waals surface area contributed by atoms with Gasteiger partial charge in [-0.1, -0.05) is 39.3 Å². The fourth-order valence-corrected chi connectivity index (χ4v) is 6.87. The van der Waals surface area contributed by atoms with Gasteiger partial charge in [0.05, 0.1) is 11.3 Å². The van der Waals surface area contributed by atoms with Crippen molar-refractivity contribution in [2.24, 2.45) is 16.6 Å². The number of primary amides is 1. The Hall–Kier alpha value is -2.69. The summed E-state index contributed by atoms with van der Waals surface area (Å²) in [6.07, 6.45) is 6.23. The van der Waals surface area contributed by atoms with Crippen molar-refractivity contribution in [2.45, 2.75) is 80.1 Å². The first kappa shape index (κ1) is 26.4. The fraction of sp³-hybridized carbons (Fsp3) is 0.500. The lowest BCUT2D eigenvalue weighted by Gasteiger charge is -2.32. The highest BCUT2D eigenvalue weighted by Gasteiger charge is 2.31. The van der Waals surface area contributed by atoms with Crippen LogP contribution in [0.4, 0.5) is 5.69 Å². The van der Waals surface area contributed by atoms with Gasteiger partial charge in [0, 0.05) is 16.8 Å². The number of pyridine rings is 2. The second-order valence-electron chi connectivity index (χ2n) is 11.7. The summed E-state index contributed by atoms with van der Waals surface area (Å²) in [5, 5.41) is 10.5. The van der Waals surface area contributed by atoms with Crippen molar-refractivity contribution in [3.05, 3.63) is 49.2 Å². The molecular weight excluding hydrogens is 490 g/mol. The zero-order valence-electron chi connectivity index (χ0n) is 21.9. The Bertz CT molecular complexity index is 1430. The van der Waals surface area contributed by atoms with Crippen LogP contribution in [0.5, 0.6) is 0 Å². The number of carbonyl (C=O) groups is 1. The lowest BCUT2D eigenvalue weighted by molar-refractivity contribution is 0.100. The number of amides is 1. The van der Waals surface area contributed by atoms with Gasteiger partial charge in [-0.3, -0.25) is 4.79 Å². The molecule has 0 aromatic carbocycles. The summed E-state index contributed by atoms with van der Waals surface area (Å²) < 4.78 is 0. The zero-order valence-corrected chi connectivity index (χ0v) is 23.5. The van der Waals surface area contributed by atoms with Gasteiger partial charge < -0.3 is 11.5 Å². The normalized spacial score (nSPS) is 17.4. The molecule has 2 aliphatic rings. The van der Waals surface area contributed by atoms with Gasteiger partial charge in [0.15, 0.2) is 0 Å². The van der Waals surface area contributed by atoms with E-state index in [2.05, 4.69) is 43.7 Å². The molecule has 0 radical (unpaired) electrons. The maximum absolute atomic E-state index is 11.5. The van der Waals surface area contributed by atoms with Crippen molar-refractivity contribution in [1.29, 1.82) is 5.26 Å². The van der Waals surface area contributed by atoms with Crippen LogP contribution in [0.2, 0.25) is 5.15 Å². The van der Waals surface area contributed by atoms with Crippen LogP contribution in [0, 0.1) is 36.0 Å². The molecule has 2 aliphatic carbocycles. The number of aromatic nitrogens is 2. The van der Waals surface area contributed by atoms with E-state index in [1.54, 1.807) is 0 Å². The van der Waals surface area contributed by atoms with Crippen molar-refractivity contribution < 1.29 is 4.79 Å². The van der Waals surface area contributed by atoms with Crippen LogP contribution in [-0.2, 0) is 25.7 Å². The molecule has 4 N–H and O–H groups in total. The SMILES string of the molecule is Cc1nc(Cl)c(C#N)c2c1CCC(C)(C)C2.Cc1nc2sc(C(N)=O)c(N)c2c2c1CCC(C)(C)C2. The number of nitrogens with two attached hydrogens (primary N) is 2. The number of carbonyl (C=O) groups excluding carboxylic acids is 1. The first-order valence-corrected chi connectivity index (χ1v) is 13.5. The highest BCUT2D eigenvalue weighted by molar-refractivity contribution is 7.21. The van der Waals surface area contributed by atoms with Gasteiger partial charge >= 0.3 is 0 Å². The minimum absolute atomic E-state index is 0.259. The standard InChI is InChI=1S/C15H19N3OS.C13H15ClN2/c1-7-8-4-5-15(2,3)6-9(8)10-11(16)12(13(17)19)20-14(10)18-7;1-8-9-4-5-13(2,3)6-10(9)11(7-15)12(14)16-8/h4-6,16H2,1-3H3,(H2,17,19);4-6H2,1-3H3. The lowest BCUT2D eigenvalue weighted by atomic mass is 9.73. The Morgan fingerprint density at radius 3 is 2.06 bits per heavy atom. The quantitative estimate of drug-likeness (QED) is 0.366. The van der Waals surface area contributed by atoms with Gasteiger partial charge in [0.2, 0.25) is 0 Å². The molecule has 0 saturated heterocycles. The predicted molar refractivity (Wildman–Crippen MR) is 148 cm³/mol. The number of halogens is 1. The molecule has 3 heterocycles. The lowest BCUT2D eigenvalue weighted by Crippen LogP contribution is -2.24. The number of nitriles is 1. The number of hydrogen-bond donors (Lipinski definition) is 2. The molecule has 6 nitrogen and oxygen atoms in total. The molecule has 0 fully saturated rings. The molecule has 0 saturated carbocycles. The van der Waals surface area contributed by atoms with Crippen molar-refractivity contribution in [2.75, 3.05) is 5.73 Å². The Balaban J connectivity index is 0.000000174. The van der Waals surface area contributed by atoms with Gasteiger partial charge in [-0.05, 0) is 85.5 Å². The smallest absolute Gasteiger partial charge is 0.260 e. The molecule has 3 aromatic rings. The van der Waals surface area contributed by atoms with E-state index in [0.717, 1.165) is 65.7 Å². The molecule has 0 bridgehead atoms. The molecule has 0 spiro atoms. The van der Waals surface area contributed by atoms with Gasteiger partial charge in [0.1, 0.15) is 20.9 Å². The number of thiophene rings is 1. The van der Waals surface area contributed by atoms with E-state index < -0.39 is 5.91 Å². The molecule has 190 valence electrons. The predicted octanol–water partition coefficient (Wildman–Crippen LogP) is 6.23. The fourth-order valence-electron chi connectivity index (χ4n) is 5.57. The molecular formula is C28H34ClN5OS. The summed E-state index contributed by atoms with van der Waals surface area (Å²) >= 11 is 7.33. The summed E-state index contributed by atoms with van der Waals surface area (Å²) in [7, 11) is 0. The maximum Gasteiger partial charge on any atom is 0.260 e. The molecule has 3 aromatic heterocycles. The first-order chi connectivity index (χ1) is 16.7. The Morgan fingerprint density at radius 1 is 0.972 bits per heavy atom. The van der Waals surface area contributed by atoms with E-state index in [1.807, 2.05) is 13.8 Å². The highest BCUT2D eigenvalue weighted by atomic mass is 35.5. The highest BCUT2D eigenvalue weighted by Crippen LogP contribution is 2.43. The summed E-state index contributed by atoms with van der Waals surface area (Å²) in [5.74, 6) is -0.466.